The number of fused-ring (bicyclic) bond motifs is 2. The zero-order valence-electron chi connectivity index (χ0n) is 13.3. The lowest BCUT2D eigenvalue weighted by atomic mass is 9.91. The molecule has 1 aliphatic heterocycles. The minimum absolute atomic E-state index is 0.0593. The summed E-state index contributed by atoms with van der Waals surface area (Å²) in [5.41, 5.74) is 1.88. The van der Waals surface area contributed by atoms with Crippen molar-refractivity contribution in [2.45, 2.75) is 32.1 Å². The number of carbonyl (C=O) groups excluding carboxylic acids is 2. The third-order valence-corrected chi connectivity index (χ3v) is 5.29. The van der Waals surface area contributed by atoms with Crippen LogP contribution < -0.4 is 15.4 Å². The maximum Gasteiger partial charge on any atom is 0.262 e. The Morgan fingerprint density at radius 3 is 3.08 bits per heavy atom. The molecule has 1 aliphatic carbocycles. The predicted molar refractivity (Wildman–Crippen MR) is 89.8 cm³/mol. The maximum absolute atomic E-state index is 12.4. The van der Waals surface area contributed by atoms with Crippen molar-refractivity contribution in [3.63, 3.8) is 0 Å². The van der Waals surface area contributed by atoms with E-state index in [4.69, 9.17) is 4.74 Å². The summed E-state index contributed by atoms with van der Waals surface area (Å²) >= 11 is 1.52. The number of hydrogen-bond acceptors (Lipinski definition) is 6. The highest BCUT2D eigenvalue weighted by Crippen LogP contribution is 2.42. The van der Waals surface area contributed by atoms with Gasteiger partial charge in [0.2, 0.25) is 5.88 Å². The van der Waals surface area contributed by atoms with Gasteiger partial charge >= 0.3 is 0 Å². The Balaban J connectivity index is 1.55. The lowest BCUT2D eigenvalue weighted by Gasteiger charge is -2.17. The van der Waals surface area contributed by atoms with Gasteiger partial charge in [-0.2, -0.15) is 0 Å². The Hall–Kier alpha value is -2.48. The van der Waals surface area contributed by atoms with Crippen molar-refractivity contribution in [1.82, 2.24) is 9.97 Å². The van der Waals surface area contributed by atoms with Crippen molar-refractivity contribution in [3.8, 4) is 5.88 Å². The largest absolute Gasteiger partial charge is 0.466 e. The Morgan fingerprint density at radius 2 is 2.29 bits per heavy atom. The van der Waals surface area contributed by atoms with Crippen molar-refractivity contribution in [3.05, 3.63) is 28.4 Å². The molecular weight excluding hydrogens is 328 g/mol. The fourth-order valence-corrected chi connectivity index (χ4v) is 4.06. The molecular formula is C16H16N4O3S. The molecule has 0 saturated carbocycles. The molecule has 7 nitrogen and oxygen atoms in total. The molecule has 2 aromatic heterocycles. The maximum atomic E-state index is 12.4. The topological polar surface area (TPSA) is 93.2 Å². The second-order valence-corrected chi connectivity index (χ2v) is 7.63. The first-order chi connectivity index (χ1) is 11.4. The number of carbonyl (C=O) groups is 2. The number of aromatic nitrogens is 2. The van der Waals surface area contributed by atoms with Crippen LogP contribution in [0.3, 0.4) is 0 Å². The second-order valence-electron chi connectivity index (χ2n) is 6.54. The van der Waals surface area contributed by atoms with Crippen LogP contribution in [0.5, 0.6) is 5.88 Å². The average Bonchev–Trinajstić information content (AvgIpc) is 3.07. The fourth-order valence-electron chi connectivity index (χ4n) is 2.92. The van der Waals surface area contributed by atoms with E-state index in [9.17, 15) is 9.59 Å². The first-order valence-electron chi connectivity index (χ1n) is 7.67. The number of rotatable bonds is 2. The second kappa shape index (κ2) is 5.27. The van der Waals surface area contributed by atoms with Crippen LogP contribution in [-0.4, -0.2) is 28.4 Å². The summed E-state index contributed by atoms with van der Waals surface area (Å²) in [6.45, 7) is 4.27. The third-order valence-electron chi connectivity index (χ3n) is 4.26. The number of aryl methyl sites for hydroxylation is 1. The Labute approximate surface area is 142 Å². The van der Waals surface area contributed by atoms with E-state index in [1.165, 1.54) is 22.4 Å². The molecule has 124 valence electrons. The number of amides is 2. The van der Waals surface area contributed by atoms with Gasteiger partial charge in [0.05, 0.1) is 11.3 Å². The van der Waals surface area contributed by atoms with E-state index in [0.29, 0.717) is 22.3 Å². The number of thiazole rings is 1. The monoisotopic (exact) mass is 344 g/mol. The smallest absolute Gasteiger partial charge is 0.262 e. The van der Waals surface area contributed by atoms with E-state index in [2.05, 4.69) is 34.4 Å². The van der Waals surface area contributed by atoms with Crippen molar-refractivity contribution in [1.29, 1.82) is 0 Å². The number of hydrogen-bond donors (Lipinski definition) is 2. The Bertz CT molecular complexity index is 859. The summed E-state index contributed by atoms with van der Waals surface area (Å²) in [7, 11) is 0. The number of anilines is 2. The van der Waals surface area contributed by atoms with Gasteiger partial charge in [-0.05, 0) is 18.9 Å². The van der Waals surface area contributed by atoms with Gasteiger partial charge in [-0.25, -0.2) is 9.97 Å². The van der Waals surface area contributed by atoms with Crippen LogP contribution >= 0.6 is 11.3 Å². The van der Waals surface area contributed by atoms with E-state index >= 15 is 0 Å². The number of pyridine rings is 1. The molecule has 0 saturated heterocycles. The quantitative estimate of drug-likeness (QED) is 0.872. The first kappa shape index (κ1) is 15.1. The summed E-state index contributed by atoms with van der Waals surface area (Å²) in [5.74, 6) is -0.253. The van der Waals surface area contributed by atoms with E-state index in [-0.39, 0.29) is 23.8 Å². The highest BCUT2D eigenvalue weighted by atomic mass is 32.1. The molecule has 2 aromatic rings. The van der Waals surface area contributed by atoms with Crippen LogP contribution in [0, 0.1) is 0 Å². The van der Waals surface area contributed by atoms with Gasteiger partial charge < -0.3 is 10.1 Å². The van der Waals surface area contributed by atoms with Crippen LogP contribution in [0.25, 0.3) is 0 Å². The van der Waals surface area contributed by atoms with Gasteiger partial charge in [-0.3, -0.25) is 14.9 Å². The molecule has 0 spiro atoms. The molecule has 2 amide bonds. The molecule has 0 fully saturated rings. The fraction of sp³-hybridized carbons (Fsp3) is 0.375. The van der Waals surface area contributed by atoms with Crippen LogP contribution in [0.4, 0.5) is 10.8 Å². The van der Waals surface area contributed by atoms with Gasteiger partial charge in [0, 0.05) is 16.5 Å². The van der Waals surface area contributed by atoms with E-state index in [0.717, 1.165) is 18.5 Å². The molecule has 24 heavy (non-hydrogen) atoms. The third kappa shape index (κ3) is 2.52. The van der Waals surface area contributed by atoms with Gasteiger partial charge in [0.25, 0.3) is 11.8 Å². The van der Waals surface area contributed by atoms with E-state index in [1.54, 1.807) is 6.07 Å². The molecule has 0 atom stereocenters. The normalized spacial score (nSPS) is 17.5. The molecule has 0 aromatic carbocycles. The minimum atomic E-state index is -0.310. The molecule has 0 bridgehead atoms. The summed E-state index contributed by atoms with van der Waals surface area (Å²) in [4.78, 5) is 33.7. The lowest BCUT2D eigenvalue weighted by Crippen LogP contribution is -2.26. The van der Waals surface area contributed by atoms with Crippen molar-refractivity contribution in [2.75, 3.05) is 17.2 Å². The Kier molecular flexibility index (Phi) is 3.31. The molecule has 8 heteroatoms. The minimum Gasteiger partial charge on any atom is -0.466 e. The Morgan fingerprint density at radius 1 is 1.46 bits per heavy atom. The number of nitrogens with one attached hydrogen (secondary N) is 2. The highest BCUT2D eigenvalue weighted by Gasteiger charge is 2.34. The predicted octanol–water partition coefficient (Wildman–Crippen LogP) is 2.35. The van der Waals surface area contributed by atoms with Crippen LogP contribution in [-0.2, 0) is 16.6 Å². The zero-order valence-corrected chi connectivity index (χ0v) is 14.1. The molecule has 3 heterocycles. The molecule has 2 N–H and O–H groups in total. The average molecular weight is 344 g/mol. The summed E-state index contributed by atoms with van der Waals surface area (Å²) in [6, 6.07) is 1.56. The highest BCUT2D eigenvalue weighted by molar-refractivity contribution is 7.16. The summed E-state index contributed by atoms with van der Waals surface area (Å²) in [5, 5.41) is 6.05. The van der Waals surface area contributed by atoms with Gasteiger partial charge in [0.15, 0.2) is 11.7 Å². The first-order valence-corrected chi connectivity index (χ1v) is 8.48. The van der Waals surface area contributed by atoms with E-state index in [1.807, 2.05) is 0 Å². The van der Waals surface area contributed by atoms with Crippen LogP contribution in [0.2, 0.25) is 0 Å². The van der Waals surface area contributed by atoms with Crippen LogP contribution in [0.15, 0.2) is 12.3 Å². The van der Waals surface area contributed by atoms with Crippen molar-refractivity contribution < 1.29 is 14.3 Å². The van der Waals surface area contributed by atoms with Gasteiger partial charge in [0.1, 0.15) is 5.69 Å². The SMILES string of the molecule is CC1(C)CCc2sc(NC(=O)c3cnc4c(c3)NC(=O)CO4)nc21. The molecule has 2 aliphatic rings. The van der Waals surface area contributed by atoms with E-state index < -0.39 is 0 Å². The standard InChI is InChI=1S/C16H16N4O3S/c1-16(2)4-3-10-12(16)19-15(24-10)20-13(22)8-5-9-14(17-6-8)23-7-11(21)18-9/h5-6H,3-4,7H2,1-2H3,(H,18,21)(H,19,20,22). The number of ether oxygens (including phenoxy) is 1. The molecule has 0 radical (unpaired) electrons. The summed E-state index contributed by atoms with van der Waals surface area (Å²) in [6.07, 6.45) is 3.51. The molecule has 4 rings (SSSR count). The molecule has 0 unspecified atom stereocenters. The van der Waals surface area contributed by atoms with Crippen molar-refractivity contribution in [2.24, 2.45) is 0 Å². The summed E-state index contributed by atoms with van der Waals surface area (Å²) < 4.78 is 5.19. The van der Waals surface area contributed by atoms with Gasteiger partial charge in [-0.1, -0.05) is 13.8 Å². The van der Waals surface area contributed by atoms with Gasteiger partial charge in [-0.15, -0.1) is 11.3 Å². The lowest BCUT2D eigenvalue weighted by molar-refractivity contribution is -0.118. The number of nitrogens with zero attached hydrogens (tertiary/aromatic N) is 2. The zero-order chi connectivity index (χ0) is 16.9. The van der Waals surface area contributed by atoms with Crippen LogP contribution in [0.1, 0.15) is 41.2 Å². The van der Waals surface area contributed by atoms with Crippen molar-refractivity contribution >= 4 is 34.0 Å².